The van der Waals surface area contributed by atoms with Gasteiger partial charge in [0.25, 0.3) is 16.8 Å². The summed E-state index contributed by atoms with van der Waals surface area (Å²) in [6, 6.07) is 6.43. The normalized spacial score (nSPS) is 16.1. The van der Waals surface area contributed by atoms with Crippen molar-refractivity contribution in [2.45, 2.75) is 13.8 Å². The van der Waals surface area contributed by atoms with Crippen LogP contribution in [0.15, 0.2) is 33.6 Å². The van der Waals surface area contributed by atoms with E-state index in [-0.39, 0.29) is 15.8 Å². The molecule has 2 amide bonds. The number of nitro groups is 1. The summed E-state index contributed by atoms with van der Waals surface area (Å²) in [4.78, 5) is 35.6. The Labute approximate surface area is 147 Å². The van der Waals surface area contributed by atoms with Gasteiger partial charge in [-0.25, -0.2) is 0 Å². The average Bonchev–Trinajstić information content (AvgIpc) is 3.11. The van der Waals surface area contributed by atoms with Crippen LogP contribution in [0.3, 0.4) is 0 Å². The van der Waals surface area contributed by atoms with Crippen LogP contribution in [0, 0.1) is 24.0 Å². The lowest BCUT2D eigenvalue weighted by atomic mass is 10.0. The number of carbonyl (C=O) groups excluding carboxylic acids is 2. The molecule has 0 atom stereocenters. The predicted molar refractivity (Wildman–Crippen MR) is 94.0 cm³/mol. The van der Waals surface area contributed by atoms with Crippen molar-refractivity contribution in [2.24, 2.45) is 0 Å². The summed E-state index contributed by atoms with van der Waals surface area (Å²) >= 11 is 0.824. The Morgan fingerprint density at radius 2 is 1.88 bits per heavy atom. The number of thioether (sulfide) groups is 1. The van der Waals surface area contributed by atoms with Crippen molar-refractivity contribution in [3.63, 3.8) is 0 Å². The number of nitrogens with zero attached hydrogens (tertiary/aromatic N) is 2. The molecule has 0 radical (unpaired) electrons. The second kappa shape index (κ2) is 6.21. The van der Waals surface area contributed by atoms with E-state index in [4.69, 9.17) is 4.42 Å². The number of amides is 2. The van der Waals surface area contributed by atoms with Gasteiger partial charge in [-0.3, -0.25) is 24.6 Å². The van der Waals surface area contributed by atoms with E-state index in [0.29, 0.717) is 17.1 Å². The number of imide groups is 1. The molecule has 7 nitrogen and oxygen atoms in total. The molecular formula is C17H14N2O5S. The maximum atomic E-state index is 11.9. The Hall–Kier alpha value is -2.87. The van der Waals surface area contributed by atoms with Gasteiger partial charge in [0, 0.05) is 19.2 Å². The fourth-order valence-electron chi connectivity index (χ4n) is 2.40. The lowest BCUT2D eigenvalue weighted by molar-refractivity contribution is -0.384. The van der Waals surface area contributed by atoms with Gasteiger partial charge in [0.05, 0.1) is 15.4 Å². The number of likely N-dealkylation sites (N-methyl/N-ethyl adjacent to an activating group) is 1. The molecule has 1 fully saturated rings. The molecule has 0 unspecified atom stereocenters. The maximum absolute atomic E-state index is 11.9. The Balaban J connectivity index is 2.01. The fraction of sp³-hybridized carbons (Fsp3) is 0.176. The van der Waals surface area contributed by atoms with Crippen molar-refractivity contribution < 1.29 is 18.9 Å². The number of furan rings is 1. The van der Waals surface area contributed by atoms with Gasteiger partial charge in [0.2, 0.25) is 0 Å². The summed E-state index contributed by atoms with van der Waals surface area (Å²) in [6.45, 7) is 3.67. The third-order valence-corrected chi connectivity index (χ3v) is 4.92. The van der Waals surface area contributed by atoms with E-state index in [2.05, 4.69) is 0 Å². The number of aryl methyl sites for hydroxylation is 2. The second-order valence-corrected chi connectivity index (χ2v) is 6.65. The third kappa shape index (κ3) is 3.08. The second-order valence-electron chi connectivity index (χ2n) is 5.65. The molecular weight excluding hydrogens is 344 g/mol. The first-order chi connectivity index (χ1) is 11.8. The number of nitro benzene ring substituents is 1. The molecule has 2 heterocycles. The van der Waals surface area contributed by atoms with Crippen LogP contribution in [0.2, 0.25) is 0 Å². The summed E-state index contributed by atoms with van der Waals surface area (Å²) in [5.74, 6) is 0.281. The van der Waals surface area contributed by atoms with E-state index in [0.717, 1.165) is 27.8 Å². The highest BCUT2D eigenvalue weighted by Crippen LogP contribution is 2.35. The highest BCUT2D eigenvalue weighted by molar-refractivity contribution is 8.18. The minimum atomic E-state index is -0.452. The number of hydrogen-bond acceptors (Lipinski definition) is 6. The first-order valence-corrected chi connectivity index (χ1v) is 8.17. The van der Waals surface area contributed by atoms with Gasteiger partial charge in [-0.1, -0.05) is 0 Å². The van der Waals surface area contributed by atoms with Gasteiger partial charge in [0.1, 0.15) is 11.5 Å². The molecule has 1 aliphatic heterocycles. The standard InChI is InChI=1S/C17H14N2O5S/c1-9-6-12(13(19(22)23)7-10(9)2)14-5-4-11(24-14)8-15-16(20)18(3)17(21)25-15/h4-8H,1-3H3/b15-8-. The summed E-state index contributed by atoms with van der Waals surface area (Å²) in [6.07, 6.45) is 1.46. The van der Waals surface area contributed by atoms with Gasteiger partial charge >= 0.3 is 0 Å². The fourth-order valence-corrected chi connectivity index (χ4v) is 3.21. The zero-order chi connectivity index (χ0) is 18.3. The van der Waals surface area contributed by atoms with Crippen LogP contribution >= 0.6 is 11.8 Å². The Morgan fingerprint density at radius 1 is 1.20 bits per heavy atom. The summed E-state index contributed by atoms with van der Waals surface area (Å²) in [5.41, 5.74) is 2.05. The Kier molecular flexibility index (Phi) is 4.22. The molecule has 1 aromatic heterocycles. The molecule has 0 bridgehead atoms. The third-order valence-electron chi connectivity index (χ3n) is 3.96. The SMILES string of the molecule is Cc1cc(-c2ccc(/C=C3\SC(=O)N(C)C3=O)o2)c([N+](=O)[O-])cc1C. The minimum Gasteiger partial charge on any atom is -0.456 e. The van der Waals surface area contributed by atoms with Gasteiger partial charge in [-0.05, 0) is 54.9 Å². The number of hydrogen-bond donors (Lipinski definition) is 0. The largest absolute Gasteiger partial charge is 0.456 e. The Bertz CT molecular complexity index is 945. The van der Waals surface area contributed by atoms with Crippen LogP contribution in [-0.2, 0) is 4.79 Å². The van der Waals surface area contributed by atoms with Gasteiger partial charge < -0.3 is 4.42 Å². The van der Waals surface area contributed by atoms with Crippen molar-refractivity contribution in [3.8, 4) is 11.3 Å². The van der Waals surface area contributed by atoms with Crippen LogP contribution < -0.4 is 0 Å². The van der Waals surface area contributed by atoms with Crippen LogP contribution in [0.5, 0.6) is 0 Å². The minimum absolute atomic E-state index is 0.0436. The van der Waals surface area contributed by atoms with Crippen LogP contribution in [-0.4, -0.2) is 28.0 Å². The van der Waals surface area contributed by atoms with E-state index in [1.807, 2.05) is 6.92 Å². The monoisotopic (exact) mass is 358 g/mol. The lowest BCUT2D eigenvalue weighted by Crippen LogP contribution is -2.22. The molecule has 1 aliphatic rings. The lowest BCUT2D eigenvalue weighted by Gasteiger charge is -2.05. The smallest absolute Gasteiger partial charge is 0.293 e. The van der Waals surface area contributed by atoms with Crippen molar-refractivity contribution >= 4 is 34.7 Å². The zero-order valence-corrected chi connectivity index (χ0v) is 14.5. The molecule has 1 saturated heterocycles. The van der Waals surface area contributed by atoms with Crippen molar-refractivity contribution in [1.29, 1.82) is 0 Å². The van der Waals surface area contributed by atoms with E-state index in [1.165, 1.54) is 19.2 Å². The first kappa shape index (κ1) is 17.0. The van der Waals surface area contributed by atoms with Gasteiger partial charge in [0.15, 0.2) is 0 Å². The number of carbonyl (C=O) groups is 2. The van der Waals surface area contributed by atoms with Crippen LogP contribution in [0.4, 0.5) is 10.5 Å². The molecule has 8 heteroatoms. The average molecular weight is 358 g/mol. The topological polar surface area (TPSA) is 93.7 Å². The summed E-state index contributed by atoms with van der Waals surface area (Å²) < 4.78 is 5.66. The number of rotatable bonds is 3. The van der Waals surface area contributed by atoms with Crippen molar-refractivity contribution in [1.82, 2.24) is 4.90 Å². The van der Waals surface area contributed by atoms with E-state index in [9.17, 15) is 19.7 Å². The molecule has 0 aliphatic carbocycles. The molecule has 3 rings (SSSR count). The zero-order valence-electron chi connectivity index (χ0n) is 13.7. The predicted octanol–water partition coefficient (Wildman–Crippen LogP) is 4.14. The van der Waals surface area contributed by atoms with E-state index in [1.54, 1.807) is 25.1 Å². The molecule has 0 N–H and O–H groups in total. The van der Waals surface area contributed by atoms with Crippen LogP contribution in [0.25, 0.3) is 17.4 Å². The molecule has 0 saturated carbocycles. The van der Waals surface area contributed by atoms with E-state index < -0.39 is 10.8 Å². The van der Waals surface area contributed by atoms with Gasteiger partial charge in [-0.15, -0.1) is 0 Å². The molecule has 2 aromatic rings. The first-order valence-electron chi connectivity index (χ1n) is 7.35. The Morgan fingerprint density at radius 3 is 2.48 bits per heavy atom. The molecule has 0 spiro atoms. The highest BCUT2D eigenvalue weighted by atomic mass is 32.2. The summed E-state index contributed by atoms with van der Waals surface area (Å²) in [7, 11) is 1.41. The molecule has 128 valence electrons. The van der Waals surface area contributed by atoms with Gasteiger partial charge in [-0.2, -0.15) is 0 Å². The van der Waals surface area contributed by atoms with E-state index >= 15 is 0 Å². The number of benzene rings is 1. The van der Waals surface area contributed by atoms with Crippen molar-refractivity contribution in [3.05, 3.63) is 56.2 Å². The highest BCUT2D eigenvalue weighted by Gasteiger charge is 2.32. The summed E-state index contributed by atoms with van der Waals surface area (Å²) in [5, 5.41) is 11.0. The van der Waals surface area contributed by atoms with Crippen LogP contribution in [0.1, 0.15) is 16.9 Å². The quantitative estimate of drug-likeness (QED) is 0.465. The van der Waals surface area contributed by atoms with Crippen molar-refractivity contribution in [2.75, 3.05) is 7.05 Å². The maximum Gasteiger partial charge on any atom is 0.293 e. The molecule has 1 aromatic carbocycles. The molecule has 25 heavy (non-hydrogen) atoms.